The van der Waals surface area contributed by atoms with Crippen LogP contribution in [-0.2, 0) is 14.3 Å². The Morgan fingerprint density at radius 1 is 1.50 bits per heavy atom. The molecule has 1 saturated heterocycles. The molecule has 1 heterocycles. The molecule has 0 spiro atoms. The molecule has 1 aliphatic carbocycles. The third kappa shape index (κ3) is 1.15. The molecule has 1 aliphatic heterocycles. The number of carbonyl (C=O) groups excluding carboxylic acids is 2. The lowest BCUT2D eigenvalue weighted by atomic mass is 9.89. The van der Waals surface area contributed by atoms with E-state index in [1.165, 1.54) is 6.08 Å². The van der Waals surface area contributed by atoms with Crippen molar-refractivity contribution in [2.45, 2.75) is 25.2 Å². The first-order valence-corrected chi connectivity index (χ1v) is 4.40. The molecule has 0 unspecified atom stereocenters. The fourth-order valence-corrected chi connectivity index (χ4v) is 1.68. The van der Waals surface area contributed by atoms with Crippen molar-refractivity contribution in [2.24, 2.45) is 0 Å². The molecule has 1 N–H and O–H groups in total. The van der Waals surface area contributed by atoms with E-state index in [0.717, 1.165) is 0 Å². The molecule has 1 fully saturated rings. The van der Waals surface area contributed by atoms with Crippen molar-refractivity contribution in [3.8, 4) is 0 Å². The minimum atomic E-state index is -0.957. The molecular formula is C10H10O4. The lowest BCUT2D eigenvalue weighted by Crippen LogP contribution is -2.31. The van der Waals surface area contributed by atoms with E-state index in [0.29, 0.717) is 6.29 Å². The van der Waals surface area contributed by atoms with Gasteiger partial charge in [-0.05, 0) is 6.92 Å². The molecule has 4 heteroatoms. The van der Waals surface area contributed by atoms with Gasteiger partial charge in [0.05, 0.1) is 0 Å². The van der Waals surface area contributed by atoms with Crippen molar-refractivity contribution in [2.75, 3.05) is 0 Å². The van der Waals surface area contributed by atoms with E-state index < -0.39 is 18.3 Å². The first-order chi connectivity index (χ1) is 6.70. The maximum absolute atomic E-state index is 11.6. The van der Waals surface area contributed by atoms with E-state index in [1.54, 1.807) is 13.0 Å². The van der Waals surface area contributed by atoms with Gasteiger partial charge in [0.2, 0.25) is 0 Å². The third-order valence-corrected chi connectivity index (χ3v) is 2.45. The smallest absolute Gasteiger partial charge is 0.194 e. The maximum atomic E-state index is 11.6. The minimum Gasteiger partial charge on any atom is -0.385 e. The number of allylic oxidation sites excluding steroid dienone is 2. The van der Waals surface area contributed by atoms with Crippen LogP contribution in [0.2, 0.25) is 0 Å². The highest BCUT2D eigenvalue weighted by Crippen LogP contribution is 2.37. The number of hydrogen-bond donors (Lipinski definition) is 1. The first-order valence-electron chi connectivity index (χ1n) is 4.40. The fraction of sp³-hybridized carbons (Fsp3) is 0.400. The SMILES string of the molecule is C/C=C\C1=C(C=O)[C@H](O)[C@H]2O[C@H]2C1=O. The molecule has 74 valence electrons. The molecule has 14 heavy (non-hydrogen) atoms. The van der Waals surface area contributed by atoms with Gasteiger partial charge in [-0.2, -0.15) is 0 Å². The van der Waals surface area contributed by atoms with Gasteiger partial charge >= 0.3 is 0 Å². The molecule has 0 amide bonds. The summed E-state index contributed by atoms with van der Waals surface area (Å²) in [7, 11) is 0. The van der Waals surface area contributed by atoms with E-state index in [-0.39, 0.29) is 16.9 Å². The molecule has 2 rings (SSSR count). The summed E-state index contributed by atoms with van der Waals surface area (Å²) < 4.78 is 4.98. The van der Waals surface area contributed by atoms with Crippen LogP contribution in [0.15, 0.2) is 23.3 Å². The number of ketones is 1. The molecule has 0 aromatic rings. The van der Waals surface area contributed by atoms with Crippen LogP contribution in [0, 0.1) is 0 Å². The number of aliphatic hydroxyl groups is 1. The predicted octanol–water partition coefficient (Wildman–Crippen LogP) is -0.231. The van der Waals surface area contributed by atoms with E-state index in [9.17, 15) is 14.7 Å². The Hall–Kier alpha value is -1.26. The number of aldehydes is 1. The zero-order valence-corrected chi connectivity index (χ0v) is 7.64. The standard InChI is InChI=1S/C10H10O4/c1-2-3-5-6(4-11)8(13)10-9(14-10)7(5)12/h2-4,8-10,13H,1H3/b3-2-/t8-,9-,10+/m0/s1. The van der Waals surface area contributed by atoms with Gasteiger partial charge in [0, 0.05) is 11.1 Å². The summed E-state index contributed by atoms with van der Waals surface area (Å²) in [6, 6.07) is 0. The molecule has 3 atom stereocenters. The Labute approximate surface area is 80.9 Å². The number of aliphatic hydroxyl groups excluding tert-OH is 1. The average Bonchev–Trinajstić information content (AvgIpc) is 2.94. The van der Waals surface area contributed by atoms with Crippen LogP contribution in [0.25, 0.3) is 0 Å². The van der Waals surface area contributed by atoms with E-state index in [4.69, 9.17) is 4.74 Å². The monoisotopic (exact) mass is 194 g/mol. The highest BCUT2D eigenvalue weighted by atomic mass is 16.6. The van der Waals surface area contributed by atoms with Gasteiger partial charge in [-0.25, -0.2) is 0 Å². The molecule has 2 aliphatic rings. The summed E-state index contributed by atoms with van der Waals surface area (Å²) in [5.74, 6) is -0.208. The van der Waals surface area contributed by atoms with Crippen LogP contribution in [0.3, 0.4) is 0 Å². The predicted molar refractivity (Wildman–Crippen MR) is 47.6 cm³/mol. The number of fused-ring (bicyclic) bond motifs is 1. The Morgan fingerprint density at radius 2 is 2.21 bits per heavy atom. The molecular weight excluding hydrogens is 184 g/mol. The maximum Gasteiger partial charge on any atom is 0.194 e. The van der Waals surface area contributed by atoms with Crippen LogP contribution >= 0.6 is 0 Å². The van der Waals surface area contributed by atoms with Crippen LogP contribution in [0.5, 0.6) is 0 Å². The van der Waals surface area contributed by atoms with Gasteiger partial charge < -0.3 is 9.84 Å². The van der Waals surface area contributed by atoms with Gasteiger partial charge in [0.15, 0.2) is 5.78 Å². The Balaban J connectivity index is 2.46. The zero-order chi connectivity index (χ0) is 10.3. The second-order valence-electron chi connectivity index (χ2n) is 3.32. The summed E-state index contributed by atoms with van der Waals surface area (Å²) in [6.07, 6.45) is 1.72. The highest BCUT2D eigenvalue weighted by Gasteiger charge is 2.55. The highest BCUT2D eigenvalue weighted by molar-refractivity contribution is 6.09. The Morgan fingerprint density at radius 3 is 2.79 bits per heavy atom. The van der Waals surface area contributed by atoms with E-state index >= 15 is 0 Å². The van der Waals surface area contributed by atoms with Crippen molar-refractivity contribution < 1.29 is 19.4 Å². The summed E-state index contributed by atoms with van der Waals surface area (Å²) >= 11 is 0. The number of hydrogen-bond acceptors (Lipinski definition) is 4. The Kier molecular flexibility index (Phi) is 2.09. The number of epoxide rings is 1. The van der Waals surface area contributed by atoms with Gasteiger partial charge in [-0.3, -0.25) is 9.59 Å². The molecule has 0 radical (unpaired) electrons. The molecule has 4 nitrogen and oxygen atoms in total. The number of carbonyl (C=O) groups is 2. The largest absolute Gasteiger partial charge is 0.385 e. The number of Topliss-reactive ketones (excluding diaryl/α,β-unsaturated/α-hetero) is 1. The van der Waals surface area contributed by atoms with Crippen LogP contribution in [0.1, 0.15) is 6.92 Å². The third-order valence-electron chi connectivity index (χ3n) is 2.45. The molecule has 0 aromatic heterocycles. The van der Waals surface area contributed by atoms with Crippen molar-refractivity contribution in [3.63, 3.8) is 0 Å². The molecule has 0 bridgehead atoms. The lowest BCUT2D eigenvalue weighted by molar-refractivity contribution is -0.117. The van der Waals surface area contributed by atoms with Gasteiger partial charge in [0.25, 0.3) is 0 Å². The van der Waals surface area contributed by atoms with Gasteiger partial charge in [-0.1, -0.05) is 12.2 Å². The Bertz CT molecular complexity index is 353. The van der Waals surface area contributed by atoms with Crippen molar-refractivity contribution in [3.05, 3.63) is 23.3 Å². The summed E-state index contributed by atoms with van der Waals surface area (Å²) in [5.41, 5.74) is 0.403. The zero-order valence-electron chi connectivity index (χ0n) is 7.64. The average molecular weight is 194 g/mol. The normalized spacial score (nSPS) is 36.1. The van der Waals surface area contributed by atoms with Crippen molar-refractivity contribution in [1.29, 1.82) is 0 Å². The minimum absolute atomic E-state index is 0.131. The lowest BCUT2D eigenvalue weighted by Gasteiger charge is -2.14. The van der Waals surface area contributed by atoms with Crippen LogP contribution in [0.4, 0.5) is 0 Å². The van der Waals surface area contributed by atoms with E-state index in [1.807, 2.05) is 0 Å². The first kappa shape index (κ1) is 9.30. The molecule has 0 aromatic carbocycles. The van der Waals surface area contributed by atoms with Gasteiger partial charge in [-0.15, -0.1) is 0 Å². The summed E-state index contributed by atoms with van der Waals surface area (Å²) in [5, 5.41) is 9.59. The van der Waals surface area contributed by atoms with Crippen molar-refractivity contribution in [1.82, 2.24) is 0 Å². The quantitative estimate of drug-likeness (QED) is 0.487. The van der Waals surface area contributed by atoms with E-state index in [2.05, 4.69) is 0 Å². The topological polar surface area (TPSA) is 66.9 Å². The number of rotatable bonds is 2. The fourth-order valence-electron chi connectivity index (χ4n) is 1.68. The summed E-state index contributed by atoms with van der Waals surface area (Å²) in [4.78, 5) is 22.3. The molecule has 0 saturated carbocycles. The van der Waals surface area contributed by atoms with Crippen LogP contribution in [-0.4, -0.2) is 35.5 Å². The van der Waals surface area contributed by atoms with Crippen LogP contribution < -0.4 is 0 Å². The van der Waals surface area contributed by atoms with Crippen molar-refractivity contribution >= 4 is 12.1 Å². The number of ether oxygens (including phenoxy) is 1. The summed E-state index contributed by atoms with van der Waals surface area (Å²) in [6.45, 7) is 1.74. The van der Waals surface area contributed by atoms with Gasteiger partial charge in [0.1, 0.15) is 24.6 Å². The second kappa shape index (κ2) is 3.15. The second-order valence-corrected chi connectivity index (χ2v) is 3.32.